The number of para-hydroxylation sites is 1. The molecule has 1 fully saturated rings. The van der Waals surface area contributed by atoms with Crippen LogP contribution in [0.3, 0.4) is 0 Å². The highest BCUT2D eigenvalue weighted by atomic mass is 32.1. The number of nitrogens with zero attached hydrogens (tertiary/aromatic N) is 2. The SMILES string of the molecule is O=C(Nc1nc(CC(=O)N2CCc3ccccc32)cs1)C1CCCC1. The van der Waals surface area contributed by atoms with E-state index in [2.05, 4.69) is 16.4 Å². The predicted molar refractivity (Wildman–Crippen MR) is 98.9 cm³/mol. The van der Waals surface area contributed by atoms with Crippen LogP contribution in [-0.4, -0.2) is 23.3 Å². The van der Waals surface area contributed by atoms with Crippen molar-refractivity contribution >= 4 is 34.0 Å². The van der Waals surface area contributed by atoms with E-state index in [0.29, 0.717) is 5.13 Å². The zero-order valence-corrected chi connectivity index (χ0v) is 14.8. The van der Waals surface area contributed by atoms with Crippen molar-refractivity contribution in [2.45, 2.75) is 38.5 Å². The van der Waals surface area contributed by atoms with Gasteiger partial charge in [-0.1, -0.05) is 31.0 Å². The highest BCUT2D eigenvalue weighted by Gasteiger charge is 2.26. The summed E-state index contributed by atoms with van der Waals surface area (Å²) in [7, 11) is 0. The van der Waals surface area contributed by atoms with Crippen molar-refractivity contribution in [2.24, 2.45) is 5.92 Å². The average Bonchev–Trinajstić information content (AvgIpc) is 3.35. The summed E-state index contributed by atoms with van der Waals surface area (Å²) < 4.78 is 0. The number of anilines is 2. The van der Waals surface area contributed by atoms with Crippen molar-refractivity contribution in [3.05, 3.63) is 40.9 Å². The van der Waals surface area contributed by atoms with Crippen molar-refractivity contribution in [3.63, 3.8) is 0 Å². The number of thiazole rings is 1. The van der Waals surface area contributed by atoms with Crippen molar-refractivity contribution in [1.29, 1.82) is 0 Å². The van der Waals surface area contributed by atoms with Gasteiger partial charge in [-0.3, -0.25) is 9.59 Å². The Hall–Kier alpha value is -2.21. The van der Waals surface area contributed by atoms with Crippen LogP contribution in [0.25, 0.3) is 0 Å². The third kappa shape index (κ3) is 3.44. The summed E-state index contributed by atoms with van der Waals surface area (Å²) in [5.41, 5.74) is 2.96. The van der Waals surface area contributed by atoms with E-state index in [0.717, 1.165) is 50.0 Å². The summed E-state index contributed by atoms with van der Waals surface area (Å²) in [6, 6.07) is 8.03. The number of aromatic nitrogens is 1. The normalized spacial score (nSPS) is 16.9. The Balaban J connectivity index is 1.38. The van der Waals surface area contributed by atoms with Crippen LogP contribution < -0.4 is 10.2 Å². The van der Waals surface area contributed by atoms with Gasteiger partial charge in [-0.05, 0) is 30.9 Å². The maximum absolute atomic E-state index is 12.6. The molecule has 0 spiro atoms. The van der Waals surface area contributed by atoms with Crippen LogP contribution in [-0.2, 0) is 22.4 Å². The fourth-order valence-corrected chi connectivity index (χ4v) is 4.40. The molecule has 1 aromatic heterocycles. The number of nitrogens with one attached hydrogen (secondary N) is 1. The predicted octanol–water partition coefficient (Wildman–Crippen LogP) is 3.40. The van der Waals surface area contributed by atoms with Gasteiger partial charge in [-0.15, -0.1) is 11.3 Å². The summed E-state index contributed by atoms with van der Waals surface area (Å²) >= 11 is 1.39. The molecular weight excluding hydrogens is 334 g/mol. The minimum atomic E-state index is 0.0592. The number of carbonyl (C=O) groups is 2. The van der Waals surface area contributed by atoms with Crippen molar-refractivity contribution in [1.82, 2.24) is 4.98 Å². The lowest BCUT2D eigenvalue weighted by atomic mass is 10.1. The van der Waals surface area contributed by atoms with E-state index in [1.54, 1.807) is 0 Å². The highest BCUT2D eigenvalue weighted by molar-refractivity contribution is 7.13. The molecule has 25 heavy (non-hydrogen) atoms. The van der Waals surface area contributed by atoms with Gasteiger partial charge >= 0.3 is 0 Å². The number of hydrogen-bond donors (Lipinski definition) is 1. The Kier molecular flexibility index (Phi) is 4.53. The fourth-order valence-electron chi connectivity index (χ4n) is 3.69. The first-order valence-electron chi connectivity index (χ1n) is 8.84. The van der Waals surface area contributed by atoms with Crippen molar-refractivity contribution in [2.75, 3.05) is 16.8 Å². The smallest absolute Gasteiger partial charge is 0.233 e. The van der Waals surface area contributed by atoms with E-state index >= 15 is 0 Å². The minimum Gasteiger partial charge on any atom is -0.311 e. The van der Waals surface area contributed by atoms with Gasteiger partial charge in [0, 0.05) is 23.5 Å². The van der Waals surface area contributed by atoms with Gasteiger partial charge < -0.3 is 10.2 Å². The summed E-state index contributed by atoms with van der Waals surface area (Å²) in [5, 5.41) is 5.37. The first kappa shape index (κ1) is 16.3. The Labute approximate surface area is 151 Å². The van der Waals surface area contributed by atoms with Crippen LogP contribution in [0.15, 0.2) is 29.6 Å². The Morgan fingerprint density at radius 3 is 2.88 bits per heavy atom. The fraction of sp³-hybridized carbons (Fsp3) is 0.421. The third-order valence-corrected chi connectivity index (χ3v) is 5.83. The standard InChI is InChI=1S/C19H21N3O2S/c23-17(22-10-9-13-5-3-4-8-16(13)22)11-15-12-25-19(20-15)21-18(24)14-6-1-2-7-14/h3-5,8,12,14H,1-2,6-7,9-11H2,(H,20,21,24). The molecule has 2 aliphatic rings. The second kappa shape index (κ2) is 6.96. The topological polar surface area (TPSA) is 62.3 Å². The molecule has 0 atom stereocenters. The van der Waals surface area contributed by atoms with E-state index in [1.807, 2.05) is 28.5 Å². The second-order valence-electron chi connectivity index (χ2n) is 6.72. The number of rotatable bonds is 4. The largest absolute Gasteiger partial charge is 0.311 e. The van der Waals surface area contributed by atoms with E-state index in [9.17, 15) is 9.59 Å². The van der Waals surface area contributed by atoms with E-state index < -0.39 is 0 Å². The van der Waals surface area contributed by atoms with Gasteiger partial charge in [0.2, 0.25) is 11.8 Å². The first-order chi connectivity index (χ1) is 12.2. The number of benzene rings is 1. The van der Waals surface area contributed by atoms with Gasteiger partial charge in [0.05, 0.1) is 12.1 Å². The zero-order chi connectivity index (χ0) is 17.2. The summed E-state index contributed by atoms with van der Waals surface area (Å²) in [6.07, 6.45) is 5.37. The Morgan fingerprint density at radius 1 is 1.24 bits per heavy atom. The molecule has 1 aromatic carbocycles. The molecule has 4 rings (SSSR count). The molecule has 1 aliphatic heterocycles. The second-order valence-corrected chi connectivity index (χ2v) is 7.57. The third-order valence-electron chi connectivity index (χ3n) is 5.03. The number of hydrogen-bond acceptors (Lipinski definition) is 4. The minimum absolute atomic E-state index is 0.0592. The molecule has 1 aliphatic carbocycles. The molecule has 2 aromatic rings. The van der Waals surface area contributed by atoms with E-state index in [4.69, 9.17) is 0 Å². The van der Waals surface area contributed by atoms with Crippen molar-refractivity contribution < 1.29 is 9.59 Å². The molecule has 0 bridgehead atoms. The van der Waals surface area contributed by atoms with Crippen LogP contribution in [0.5, 0.6) is 0 Å². The zero-order valence-electron chi connectivity index (χ0n) is 14.0. The number of fused-ring (bicyclic) bond motifs is 1. The highest BCUT2D eigenvalue weighted by Crippen LogP contribution is 2.29. The lowest BCUT2D eigenvalue weighted by Crippen LogP contribution is -2.30. The van der Waals surface area contributed by atoms with Crippen LogP contribution in [0.1, 0.15) is 36.9 Å². The number of carbonyl (C=O) groups excluding carboxylic acids is 2. The molecule has 130 valence electrons. The van der Waals surface area contributed by atoms with Crippen molar-refractivity contribution in [3.8, 4) is 0 Å². The summed E-state index contributed by atoms with van der Waals surface area (Å²) in [5.74, 6) is 0.247. The molecule has 5 nitrogen and oxygen atoms in total. The molecule has 0 unspecified atom stereocenters. The molecule has 2 heterocycles. The quantitative estimate of drug-likeness (QED) is 0.914. The average molecular weight is 355 g/mol. The first-order valence-corrected chi connectivity index (χ1v) is 9.72. The van der Waals surface area contributed by atoms with Crippen LogP contribution in [0.4, 0.5) is 10.8 Å². The molecule has 0 radical (unpaired) electrons. The van der Waals surface area contributed by atoms with Gasteiger partial charge in [-0.2, -0.15) is 0 Å². The lowest BCUT2D eigenvalue weighted by molar-refractivity contribution is -0.119. The lowest BCUT2D eigenvalue weighted by Gasteiger charge is -2.16. The summed E-state index contributed by atoms with van der Waals surface area (Å²) in [6.45, 7) is 0.730. The molecule has 1 saturated carbocycles. The van der Waals surface area contributed by atoms with Gasteiger partial charge in [-0.25, -0.2) is 4.98 Å². The van der Waals surface area contributed by atoms with Gasteiger partial charge in [0.25, 0.3) is 0 Å². The van der Waals surface area contributed by atoms with E-state index in [-0.39, 0.29) is 24.2 Å². The molecular formula is C19H21N3O2S. The molecule has 2 amide bonds. The molecule has 6 heteroatoms. The van der Waals surface area contributed by atoms with Gasteiger partial charge in [0.1, 0.15) is 0 Å². The van der Waals surface area contributed by atoms with E-state index in [1.165, 1.54) is 16.9 Å². The Bertz CT molecular complexity index is 795. The maximum atomic E-state index is 12.6. The van der Waals surface area contributed by atoms with Crippen LogP contribution in [0.2, 0.25) is 0 Å². The summed E-state index contributed by atoms with van der Waals surface area (Å²) in [4.78, 5) is 31.1. The monoisotopic (exact) mass is 355 g/mol. The number of amides is 2. The van der Waals surface area contributed by atoms with Crippen LogP contribution in [0, 0.1) is 5.92 Å². The van der Waals surface area contributed by atoms with Crippen LogP contribution >= 0.6 is 11.3 Å². The Morgan fingerprint density at radius 2 is 2.04 bits per heavy atom. The maximum Gasteiger partial charge on any atom is 0.233 e. The molecule has 0 saturated heterocycles. The van der Waals surface area contributed by atoms with Gasteiger partial charge in [0.15, 0.2) is 5.13 Å². The molecule has 1 N–H and O–H groups in total.